The van der Waals surface area contributed by atoms with Gasteiger partial charge in [-0.1, -0.05) is 29.8 Å². The Labute approximate surface area is 170 Å². The van der Waals surface area contributed by atoms with E-state index in [0.717, 1.165) is 53.7 Å². The van der Waals surface area contributed by atoms with Gasteiger partial charge in [0, 0.05) is 49.7 Å². The molecule has 2 aromatic carbocycles. The molecule has 1 aliphatic rings. The van der Waals surface area contributed by atoms with Gasteiger partial charge >= 0.3 is 5.63 Å². The van der Waals surface area contributed by atoms with E-state index in [1.807, 2.05) is 61.2 Å². The van der Waals surface area contributed by atoms with E-state index < -0.39 is 0 Å². The Morgan fingerprint density at radius 1 is 0.966 bits per heavy atom. The topological polar surface area (TPSA) is 53.8 Å². The smallest absolute Gasteiger partial charge is 0.336 e. The number of hydrogen-bond donors (Lipinski definition) is 0. The van der Waals surface area contributed by atoms with E-state index in [-0.39, 0.29) is 11.5 Å². The maximum Gasteiger partial charge on any atom is 0.336 e. The van der Waals surface area contributed by atoms with E-state index in [1.165, 1.54) is 0 Å². The fraction of sp³-hybridized carbons (Fsp3) is 0.333. The van der Waals surface area contributed by atoms with Crippen LogP contribution in [0.3, 0.4) is 0 Å². The largest absolute Gasteiger partial charge is 0.423 e. The van der Waals surface area contributed by atoms with Gasteiger partial charge in [0.25, 0.3) is 5.91 Å². The average molecular weight is 390 g/mol. The molecule has 0 saturated carbocycles. The van der Waals surface area contributed by atoms with Crippen LogP contribution in [0, 0.1) is 13.8 Å². The third-order valence-corrected chi connectivity index (χ3v) is 5.52. The van der Waals surface area contributed by atoms with Crippen molar-refractivity contribution in [1.82, 2.24) is 9.80 Å². The molecule has 0 aliphatic carbocycles. The number of fused-ring (bicyclic) bond motifs is 1. The Morgan fingerprint density at radius 3 is 2.62 bits per heavy atom. The van der Waals surface area contributed by atoms with Crippen LogP contribution in [0.5, 0.6) is 0 Å². The third kappa shape index (κ3) is 4.40. The Morgan fingerprint density at radius 2 is 1.79 bits per heavy atom. The van der Waals surface area contributed by atoms with Gasteiger partial charge in [0.1, 0.15) is 5.58 Å². The quantitative estimate of drug-likeness (QED) is 0.639. The summed E-state index contributed by atoms with van der Waals surface area (Å²) in [6.45, 7) is 7.78. The van der Waals surface area contributed by atoms with Gasteiger partial charge in [-0.2, -0.15) is 0 Å². The predicted octanol–water partition coefficient (Wildman–Crippen LogP) is 3.76. The van der Waals surface area contributed by atoms with E-state index in [9.17, 15) is 9.59 Å². The number of benzene rings is 2. The molecule has 1 saturated heterocycles. The number of rotatable bonds is 3. The van der Waals surface area contributed by atoms with E-state index in [4.69, 9.17) is 4.42 Å². The van der Waals surface area contributed by atoms with Crippen molar-refractivity contribution in [3.63, 3.8) is 0 Å². The minimum Gasteiger partial charge on any atom is -0.423 e. The lowest BCUT2D eigenvalue weighted by molar-refractivity contribution is 0.0761. The second-order valence-electron chi connectivity index (χ2n) is 7.88. The Bertz CT molecular complexity index is 1100. The zero-order valence-electron chi connectivity index (χ0n) is 17.0. The van der Waals surface area contributed by atoms with Gasteiger partial charge in [0.05, 0.1) is 0 Å². The highest BCUT2D eigenvalue weighted by molar-refractivity contribution is 5.94. The number of amides is 1. The molecule has 5 nitrogen and oxygen atoms in total. The molecule has 0 spiro atoms. The fourth-order valence-corrected chi connectivity index (χ4v) is 4.00. The molecule has 29 heavy (non-hydrogen) atoms. The average Bonchev–Trinajstić information content (AvgIpc) is 2.92. The van der Waals surface area contributed by atoms with Crippen molar-refractivity contribution in [3.05, 3.63) is 81.2 Å². The van der Waals surface area contributed by atoms with Gasteiger partial charge in [0.15, 0.2) is 0 Å². The summed E-state index contributed by atoms with van der Waals surface area (Å²) in [5.74, 6) is 0.0943. The maximum absolute atomic E-state index is 12.9. The molecule has 150 valence electrons. The molecular formula is C24H26N2O3. The Hall–Kier alpha value is -2.92. The van der Waals surface area contributed by atoms with Crippen molar-refractivity contribution in [3.8, 4) is 0 Å². The first-order valence-electron chi connectivity index (χ1n) is 10.1. The highest BCUT2D eigenvalue weighted by Crippen LogP contribution is 2.21. The minimum absolute atomic E-state index is 0.0943. The summed E-state index contributed by atoms with van der Waals surface area (Å²) in [6, 6.07) is 15.3. The highest BCUT2D eigenvalue weighted by Gasteiger charge is 2.21. The third-order valence-electron chi connectivity index (χ3n) is 5.52. The SMILES string of the molecule is Cc1cccc(C(=O)N2CCCN(Cc3cc(=O)oc4cc(C)ccc34)CC2)c1. The Kier molecular flexibility index (Phi) is 5.49. The molecule has 5 heteroatoms. The lowest BCUT2D eigenvalue weighted by Crippen LogP contribution is -2.35. The fourth-order valence-electron chi connectivity index (χ4n) is 4.00. The van der Waals surface area contributed by atoms with Crippen LogP contribution in [0.1, 0.15) is 33.5 Å². The monoisotopic (exact) mass is 390 g/mol. The number of aryl methyl sites for hydroxylation is 2. The van der Waals surface area contributed by atoms with E-state index in [0.29, 0.717) is 18.7 Å². The molecule has 1 aliphatic heterocycles. The van der Waals surface area contributed by atoms with Crippen LogP contribution in [-0.4, -0.2) is 41.9 Å². The summed E-state index contributed by atoms with van der Waals surface area (Å²) >= 11 is 0. The summed E-state index contributed by atoms with van der Waals surface area (Å²) in [4.78, 5) is 29.1. The lowest BCUT2D eigenvalue weighted by atomic mass is 10.1. The molecule has 0 radical (unpaired) electrons. The van der Waals surface area contributed by atoms with Crippen LogP contribution in [0.15, 0.2) is 57.7 Å². The number of nitrogens with zero attached hydrogens (tertiary/aromatic N) is 2. The number of carbonyl (C=O) groups is 1. The number of hydrogen-bond acceptors (Lipinski definition) is 4. The predicted molar refractivity (Wildman–Crippen MR) is 114 cm³/mol. The first-order valence-corrected chi connectivity index (χ1v) is 10.1. The second-order valence-corrected chi connectivity index (χ2v) is 7.88. The van der Waals surface area contributed by atoms with Crippen LogP contribution < -0.4 is 5.63 Å². The molecular weight excluding hydrogens is 364 g/mol. The first kappa shape index (κ1) is 19.4. The minimum atomic E-state index is -0.316. The van der Waals surface area contributed by atoms with Crippen LogP contribution in [0.2, 0.25) is 0 Å². The second kappa shape index (κ2) is 8.21. The van der Waals surface area contributed by atoms with Gasteiger partial charge < -0.3 is 9.32 Å². The lowest BCUT2D eigenvalue weighted by Gasteiger charge is -2.22. The van der Waals surface area contributed by atoms with Gasteiger partial charge in [-0.05, 0) is 49.6 Å². The summed E-state index contributed by atoms with van der Waals surface area (Å²) in [6.07, 6.45) is 0.913. The van der Waals surface area contributed by atoms with Crippen molar-refractivity contribution in [2.24, 2.45) is 0 Å². The van der Waals surface area contributed by atoms with Gasteiger partial charge in [-0.25, -0.2) is 4.79 Å². The first-order chi connectivity index (χ1) is 14.0. The normalized spacial score (nSPS) is 15.4. The van der Waals surface area contributed by atoms with Crippen LogP contribution >= 0.6 is 0 Å². The molecule has 0 N–H and O–H groups in total. The molecule has 3 aromatic rings. The van der Waals surface area contributed by atoms with Crippen molar-refractivity contribution in [2.45, 2.75) is 26.8 Å². The zero-order chi connectivity index (χ0) is 20.4. The van der Waals surface area contributed by atoms with Crippen LogP contribution in [0.25, 0.3) is 11.0 Å². The van der Waals surface area contributed by atoms with E-state index >= 15 is 0 Å². The van der Waals surface area contributed by atoms with Crippen molar-refractivity contribution in [2.75, 3.05) is 26.2 Å². The molecule has 1 fully saturated rings. The molecule has 0 atom stereocenters. The summed E-state index contributed by atoms with van der Waals surface area (Å²) < 4.78 is 5.38. The van der Waals surface area contributed by atoms with E-state index in [2.05, 4.69) is 4.90 Å². The Balaban J connectivity index is 1.49. The molecule has 1 amide bonds. The summed E-state index contributed by atoms with van der Waals surface area (Å²) in [7, 11) is 0. The van der Waals surface area contributed by atoms with Gasteiger partial charge in [-0.3, -0.25) is 9.69 Å². The summed E-state index contributed by atoms with van der Waals surface area (Å²) in [5.41, 5.74) is 4.22. The van der Waals surface area contributed by atoms with Crippen molar-refractivity contribution in [1.29, 1.82) is 0 Å². The maximum atomic E-state index is 12.9. The van der Waals surface area contributed by atoms with Crippen molar-refractivity contribution < 1.29 is 9.21 Å². The van der Waals surface area contributed by atoms with Crippen LogP contribution in [-0.2, 0) is 6.54 Å². The van der Waals surface area contributed by atoms with Gasteiger partial charge in [0.2, 0.25) is 0 Å². The van der Waals surface area contributed by atoms with E-state index in [1.54, 1.807) is 6.07 Å². The van der Waals surface area contributed by atoms with Gasteiger partial charge in [-0.15, -0.1) is 0 Å². The highest BCUT2D eigenvalue weighted by atomic mass is 16.4. The van der Waals surface area contributed by atoms with Crippen LogP contribution in [0.4, 0.5) is 0 Å². The van der Waals surface area contributed by atoms with Crippen molar-refractivity contribution >= 4 is 16.9 Å². The standard InChI is InChI=1S/C24H26N2O3/c1-17-5-3-6-19(13-17)24(28)26-10-4-9-25(11-12-26)16-20-15-23(27)29-22-14-18(2)7-8-21(20)22/h3,5-8,13-15H,4,9-12,16H2,1-2H3. The molecule has 0 unspecified atom stereocenters. The molecule has 2 heterocycles. The summed E-state index contributed by atoms with van der Waals surface area (Å²) in [5, 5.41) is 0.979. The number of carbonyl (C=O) groups excluding carboxylic acids is 1. The molecule has 1 aromatic heterocycles. The zero-order valence-corrected chi connectivity index (χ0v) is 17.0. The molecule has 0 bridgehead atoms. The molecule has 4 rings (SSSR count).